The second-order valence-electron chi connectivity index (χ2n) is 6.91. The van der Waals surface area contributed by atoms with Gasteiger partial charge in [0.05, 0.1) is 12.9 Å². The van der Waals surface area contributed by atoms with Crippen molar-refractivity contribution in [3.05, 3.63) is 16.7 Å². The maximum Gasteiger partial charge on any atom is 0.490 e. The van der Waals surface area contributed by atoms with E-state index in [1.54, 1.807) is 0 Å². The Hall–Kier alpha value is -1.56. The molecule has 1 aliphatic rings. The van der Waals surface area contributed by atoms with Gasteiger partial charge in [0.2, 0.25) is 5.95 Å². The molecule has 0 radical (unpaired) electrons. The first-order valence-electron chi connectivity index (χ1n) is 9.28. The Morgan fingerprint density at radius 1 is 1.11 bits per heavy atom. The number of aliphatic hydroxyl groups is 2. The molecule has 7 unspecified atom stereocenters. The molecule has 35 heavy (non-hydrogen) atoms. The third-order valence-electron chi connectivity index (χ3n) is 4.71. The van der Waals surface area contributed by atoms with Gasteiger partial charge in [-0.05, 0) is 0 Å². The fourth-order valence-electron chi connectivity index (χ4n) is 2.92. The number of hydrogen-bond acceptors (Lipinski definition) is 15. The molecule has 2 aromatic heterocycles. The number of phosphoric acid groups is 3. The van der Waals surface area contributed by atoms with Crippen molar-refractivity contribution in [2.45, 2.75) is 24.5 Å². The Labute approximate surface area is 195 Å². The monoisotopic (exact) mass is 565 g/mol. The fourth-order valence-corrected chi connectivity index (χ4v) is 6.52. The minimum atomic E-state index is -5.52. The number of nitrogens with two attached hydrogens (primary N) is 1. The fraction of sp³-hybridized carbons (Fsp3) is 0.615. The molecule has 2 aromatic rings. The predicted octanol–water partition coefficient (Wildman–Crippen LogP) is -1.02. The van der Waals surface area contributed by atoms with Crippen molar-refractivity contribution in [2.24, 2.45) is 7.05 Å². The number of phosphoric ester groups is 2. The van der Waals surface area contributed by atoms with Crippen LogP contribution < -0.4 is 11.3 Å². The van der Waals surface area contributed by atoms with Gasteiger partial charge >= 0.3 is 23.5 Å². The van der Waals surface area contributed by atoms with E-state index < -0.39 is 60.2 Å². The van der Waals surface area contributed by atoms with Crippen molar-refractivity contribution >= 4 is 40.6 Å². The molecule has 1 aliphatic heterocycles. The molecule has 19 nitrogen and oxygen atoms in total. The van der Waals surface area contributed by atoms with E-state index in [9.17, 15) is 33.6 Å². The number of aromatic nitrogens is 4. The Bertz CT molecular complexity index is 1300. The number of nitrogen functional groups attached to an aromatic ring is 1. The lowest BCUT2D eigenvalue weighted by atomic mass is 10.1. The van der Waals surface area contributed by atoms with Crippen molar-refractivity contribution in [3.63, 3.8) is 0 Å². The standard InChI is InChI=1S/C13H22N5O14P3/c1-17-11(21)7-10(16-13(17)14)18(5-15-7)12-9(20)8(19)6(30-12)4-29-35(26,28-3)32-34(24,25)31-33(22,23)27-2/h5-6,8-9,12,19-20H,4H2,1-3H3,(H2,14,16)(H,22,23)(H,24,25). The normalized spacial score (nSPS) is 28.0. The maximum atomic E-state index is 12.5. The molecule has 0 spiro atoms. The molecule has 1 fully saturated rings. The van der Waals surface area contributed by atoms with Crippen molar-refractivity contribution in [1.29, 1.82) is 0 Å². The molecule has 0 amide bonds. The average Bonchev–Trinajstić information content (AvgIpc) is 3.30. The zero-order valence-electron chi connectivity index (χ0n) is 18.2. The summed E-state index contributed by atoms with van der Waals surface area (Å²) in [6.45, 7) is -0.842. The van der Waals surface area contributed by atoms with Crippen LogP contribution >= 0.6 is 23.5 Å². The first kappa shape index (κ1) is 28.0. The molecule has 198 valence electrons. The maximum absolute atomic E-state index is 12.5. The number of aliphatic hydroxyl groups excluding tert-OH is 2. The van der Waals surface area contributed by atoms with E-state index in [2.05, 4.69) is 27.6 Å². The molecule has 3 rings (SSSR count). The summed E-state index contributed by atoms with van der Waals surface area (Å²) in [4.78, 5) is 38.9. The molecular formula is C13H22N5O14P3. The van der Waals surface area contributed by atoms with Crippen LogP contribution in [0.2, 0.25) is 0 Å². The smallest absolute Gasteiger partial charge is 0.387 e. The average molecular weight is 565 g/mol. The van der Waals surface area contributed by atoms with Crippen LogP contribution in [0, 0.1) is 0 Å². The number of fused-ring (bicyclic) bond motifs is 1. The molecule has 22 heteroatoms. The van der Waals surface area contributed by atoms with Gasteiger partial charge in [-0.1, -0.05) is 0 Å². The minimum Gasteiger partial charge on any atom is -0.387 e. The zero-order chi connectivity index (χ0) is 26.3. The lowest BCUT2D eigenvalue weighted by molar-refractivity contribution is -0.0508. The Balaban J connectivity index is 1.76. The lowest BCUT2D eigenvalue weighted by Gasteiger charge is -2.21. The molecule has 7 atom stereocenters. The van der Waals surface area contributed by atoms with Crippen LogP contribution in [0.5, 0.6) is 0 Å². The summed E-state index contributed by atoms with van der Waals surface area (Å²) in [7, 11) is -12.7. The molecule has 0 aromatic carbocycles. The summed E-state index contributed by atoms with van der Waals surface area (Å²) in [5.74, 6) is -0.160. The Morgan fingerprint density at radius 2 is 1.77 bits per heavy atom. The van der Waals surface area contributed by atoms with E-state index >= 15 is 0 Å². The highest BCUT2D eigenvalue weighted by Gasteiger charge is 2.47. The summed E-state index contributed by atoms with van der Waals surface area (Å²) >= 11 is 0. The van der Waals surface area contributed by atoms with E-state index in [0.717, 1.165) is 22.6 Å². The SMILES string of the molecule is COP(=O)(O)OP(=O)(O)OP(=O)(OC)OCC1OC(n2cnc3c(=O)n(C)c(N)nc32)C(O)C1O. The summed E-state index contributed by atoms with van der Waals surface area (Å²) in [6.07, 6.45) is -4.97. The number of ether oxygens (including phenoxy) is 1. The molecule has 0 saturated carbocycles. The van der Waals surface area contributed by atoms with E-state index in [0.29, 0.717) is 7.11 Å². The number of hydrogen-bond donors (Lipinski definition) is 5. The Kier molecular flexibility index (Phi) is 8.06. The predicted molar refractivity (Wildman–Crippen MR) is 113 cm³/mol. The van der Waals surface area contributed by atoms with E-state index in [-0.39, 0.29) is 17.1 Å². The van der Waals surface area contributed by atoms with Crippen LogP contribution in [-0.4, -0.2) is 78.2 Å². The van der Waals surface area contributed by atoms with Gasteiger partial charge in [0.25, 0.3) is 5.56 Å². The molecule has 1 saturated heterocycles. The molecular weight excluding hydrogens is 543 g/mol. The van der Waals surface area contributed by atoms with Gasteiger partial charge in [0.1, 0.15) is 18.3 Å². The summed E-state index contributed by atoms with van der Waals surface area (Å²) in [6, 6.07) is 0. The van der Waals surface area contributed by atoms with Crippen LogP contribution in [0.3, 0.4) is 0 Å². The summed E-state index contributed by atoms with van der Waals surface area (Å²) in [5.41, 5.74) is 4.97. The first-order valence-corrected chi connectivity index (χ1v) is 13.7. The van der Waals surface area contributed by atoms with Gasteiger partial charge in [-0.2, -0.15) is 13.6 Å². The highest BCUT2D eigenvalue weighted by molar-refractivity contribution is 7.67. The first-order chi connectivity index (χ1) is 16.1. The van der Waals surface area contributed by atoms with Crippen LogP contribution in [0.4, 0.5) is 5.95 Å². The molecule has 3 heterocycles. The van der Waals surface area contributed by atoms with E-state index in [4.69, 9.17) is 19.9 Å². The van der Waals surface area contributed by atoms with Gasteiger partial charge in [0.15, 0.2) is 17.4 Å². The number of imidazole rings is 1. The highest BCUT2D eigenvalue weighted by atomic mass is 31.3. The second kappa shape index (κ2) is 10.1. The molecule has 6 N–H and O–H groups in total. The molecule has 0 bridgehead atoms. The van der Waals surface area contributed by atoms with Crippen molar-refractivity contribution in [2.75, 3.05) is 26.6 Å². The number of anilines is 1. The van der Waals surface area contributed by atoms with Crippen LogP contribution in [-0.2, 0) is 47.7 Å². The lowest BCUT2D eigenvalue weighted by Crippen LogP contribution is -2.33. The number of rotatable bonds is 10. The summed E-state index contributed by atoms with van der Waals surface area (Å²) in [5, 5.41) is 20.8. The minimum absolute atomic E-state index is 0.0562. The third-order valence-corrected chi connectivity index (χ3v) is 9.36. The molecule has 0 aliphatic carbocycles. The topological polar surface area (TPSA) is 266 Å². The van der Waals surface area contributed by atoms with Gasteiger partial charge in [-0.3, -0.25) is 27.5 Å². The number of nitrogens with zero attached hydrogens (tertiary/aromatic N) is 4. The van der Waals surface area contributed by atoms with Gasteiger partial charge in [-0.25, -0.2) is 18.7 Å². The van der Waals surface area contributed by atoms with Crippen LogP contribution in [0.25, 0.3) is 11.2 Å². The van der Waals surface area contributed by atoms with Crippen molar-refractivity contribution < 1.29 is 60.6 Å². The third kappa shape index (κ3) is 5.89. The largest absolute Gasteiger partial charge is 0.490 e. The van der Waals surface area contributed by atoms with Crippen molar-refractivity contribution in [1.82, 2.24) is 19.1 Å². The van der Waals surface area contributed by atoms with Crippen molar-refractivity contribution in [3.8, 4) is 0 Å². The Morgan fingerprint density at radius 3 is 2.37 bits per heavy atom. The van der Waals surface area contributed by atoms with Crippen LogP contribution in [0.1, 0.15) is 6.23 Å². The van der Waals surface area contributed by atoms with Crippen LogP contribution in [0.15, 0.2) is 11.1 Å². The van der Waals surface area contributed by atoms with Gasteiger partial charge in [0, 0.05) is 21.3 Å². The van der Waals surface area contributed by atoms with Gasteiger partial charge < -0.3 is 30.5 Å². The van der Waals surface area contributed by atoms with E-state index in [1.165, 1.54) is 7.05 Å². The summed E-state index contributed by atoms with van der Waals surface area (Å²) < 4.78 is 64.8. The highest BCUT2D eigenvalue weighted by Crippen LogP contribution is 2.69. The quantitative estimate of drug-likeness (QED) is 0.216. The van der Waals surface area contributed by atoms with E-state index in [1.807, 2.05) is 0 Å². The second-order valence-corrected chi connectivity index (χ2v) is 12.0. The van der Waals surface area contributed by atoms with Gasteiger partial charge in [-0.15, -0.1) is 0 Å². The zero-order valence-corrected chi connectivity index (χ0v) is 20.9.